The van der Waals surface area contributed by atoms with Crippen LogP contribution < -0.4 is 0 Å². The van der Waals surface area contributed by atoms with Crippen molar-refractivity contribution in [3.05, 3.63) is 293 Å². The molecule has 3 aliphatic carbocycles. The molecule has 0 N–H and O–H groups in total. The maximum Gasteiger partial charge on any atom is 0.160 e. The van der Waals surface area contributed by atoms with Crippen molar-refractivity contribution in [2.45, 2.75) is 10.8 Å². The minimum Gasteiger partial charge on any atom is -0.256 e. The molecule has 2 heterocycles. The molecule has 9 aromatic carbocycles. The number of pyridine rings is 1. The molecule has 0 atom stereocenters. The summed E-state index contributed by atoms with van der Waals surface area (Å²) >= 11 is 0. The monoisotopic (exact) mass is 863 g/mol. The Hall–Kier alpha value is -8.79. The van der Waals surface area contributed by atoms with Gasteiger partial charge in [-0.3, -0.25) is 4.98 Å². The van der Waals surface area contributed by atoms with Crippen LogP contribution in [0.2, 0.25) is 0 Å². The minimum absolute atomic E-state index is 0.484. The first-order chi connectivity index (χ1) is 33.7. The zero-order chi connectivity index (χ0) is 44.8. The predicted molar refractivity (Wildman–Crippen MR) is 275 cm³/mol. The number of aromatic nitrogens is 3. The van der Waals surface area contributed by atoms with Gasteiger partial charge in [0.25, 0.3) is 0 Å². The van der Waals surface area contributed by atoms with Crippen LogP contribution in [-0.4, -0.2) is 15.0 Å². The van der Waals surface area contributed by atoms with Crippen molar-refractivity contribution in [3.63, 3.8) is 0 Å². The predicted octanol–water partition coefficient (Wildman–Crippen LogP) is 15.2. The fourth-order valence-corrected chi connectivity index (χ4v) is 12.2. The lowest BCUT2D eigenvalue weighted by Crippen LogP contribution is -2.43. The Bertz CT molecular complexity index is 3720. The highest BCUT2D eigenvalue weighted by molar-refractivity contribution is 5.98. The van der Waals surface area contributed by atoms with Gasteiger partial charge in [-0.2, -0.15) is 0 Å². The number of rotatable bonds is 5. The molecular weight excluding hydrogens is 823 g/mol. The van der Waals surface area contributed by atoms with E-state index in [0.717, 1.165) is 44.9 Å². The second kappa shape index (κ2) is 14.9. The fraction of sp³-hybridized carbons (Fsp3) is 0.0308. The lowest BCUT2D eigenvalue weighted by atomic mass is 9.52. The summed E-state index contributed by atoms with van der Waals surface area (Å²) in [6.07, 6.45) is 1.84. The molecule has 11 aromatic rings. The Balaban J connectivity index is 0.975. The van der Waals surface area contributed by atoms with E-state index in [9.17, 15) is 0 Å². The maximum absolute atomic E-state index is 5.33. The molecule has 3 heteroatoms. The lowest BCUT2D eigenvalue weighted by molar-refractivity contribution is 0.633. The van der Waals surface area contributed by atoms with E-state index in [2.05, 4.69) is 223 Å². The van der Waals surface area contributed by atoms with Gasteiger partial charge in [0, 0.05) is 28.5 Å². The topological polar surface area (TPSA) is 38.7 Å². The van der Waals surface area contributed by atoms with Crippen LogP contribution in [0.15, 0.2) is 249 Å². The Kier molecular flexibility index (Phi) is 8.41. The van der Waals surface area contributed by atoms with Gasteiger partial charge in [-0.25, -0.2) is 9.97 Å². The van der Waals surface area contributed by atoms with E-state index in [0.29, 0.717) is 5.82 Å². The molecule has 0 aliphatic heterocycles. The molecule has 0 bridgehead atoms. The molecule has 316 valence electrons. The highest BCUT2D eigenvalue weighted by Crippen LogP contribution is 2.68. The zero-order valence-electron chi connectivity index (χ0n) is 37.0. The van der Waals surface area contributed by atoms with Gasteiger partial charge in [-0.05, 0) is 108 Å². The van der Waals surface area contributed by atoms with Gasteiger partial charge in [0.15, 0.2) is 5.82 Å². The van der Waals surface area contributed by atoms with Gasteiger partial charge in [-0.1, -0.05) is 212 Å². The molecule has 0 saturated carbocycles. The number of nitrogens with zero attached hydrogens (tertiary/aromatic N) is 3. The minimum atomic E-state index is -0.573. The number of hydrogen-bond acceptors (Lipinski definition) is 3. The number of hydrogen-bond donors (Lipinski definition) is 0. The molecule has 68 heavy (non-hydrogen) atoms. The van der Waals surface area contributed by atoms with Gasteiger partial charge in [0.2, 0.25) is 0 Å². The standard InChI is InChI=1S/C65H41N3/c1-2-19-42(20-3-1)60-41-61(45-23-17-22-44(40-45)59-37-14-15-38-66-59)68-63(67-60)46-24-16-21-43(39-46)47-28-18-36-58-62(47)50-27-6-9-31-53(50)65(58)56-34-12-10-32-54(56)64(55-33-11-13-35-57(55)65)51-29-7-4-25-48(51)49-26-5-8-30-52(49)64/h1-41H. The quantitative estimate of drug-likeness (QED) is 0.173. The average molecular weight is 864 g/mol. The molecule has 3 nitrogen and oxygen atoms in total. The van der Waals surface area contributed by atoms with Gasteiger partial charge in [0.1, 0.15) is 0 Å². The molecule has 0 unspecified atom stereocenters. The summed E-state index contributed by atoms with van der Waals surface area (Å²) in [5, 5.41) is 0. The summed E-state index contributed by atoms with van der Waals surface area (Å²) in [4.78, 5) is 15.3. The highest BCUT2D eigenvalue weighted by atomic mass is 14.9. The molecule has 0 amide bonds. The van der Waals surface area contributed by atoms with Crippen LogP contribution in [0.5, 0.6) is 0 Å². The van der Waals surface area contributed by atoms with Gasteiger partial charge < -0.3 is 0 Å². The molecule has 0 saturated heterocycles. The first-order valence-corrected chi connectivity index (χ1v) is 23.4. The Morgan fingerprint density at radius 1 is 0.250 bits per heavy atom. The van der Waals surface area contributed by atoms with Crippen LogP contribution in [0.4, 0.5) is 0 Å². The highest BCUT2D eigenvalue weighted by Gasteiger charge is 2.59. The van der Waals surface area contributed by atoms with E-state index in [1.54, 1.807) is 0 Å². The molecular formula is C65H41N3. The summed E-state index contributed by atoms with van der Waals surface area (Å²) < 4.78 is 0. The SMILES string of the molecule is c1ccc(-c2cc(-c3cccc(-c4ccccn4)c3)nc(-c3cccc(-c4cccc5c4-c4ccccc4C54c5ccccc5C5(c6ccccc6-c6ccccc65)c5ccccc54)c3)n2)cc1. The Morgan fingerprint density at radius 3 is 1.28 bits per heavy atom. The second-order valence-electron chi connectivity index (χ2n) is 18.2. The zero-order valence-corrected chi connectivity index (χ0v) is 37.0. The summed E-state index contributed by atoms with van der Waals surface area (Å²) in [7, 11) is 0. The van der Waals surface area contributed by atoms with E-state index in [1.165, 1.54) is 72.3 Å². The van der Waals surface area contributed by atoms with E-state index in [4.69, 9.17) is 9.97 Å². The molecule has 2 aromatic heterocycles. The van der Waals surface area contributed by atoms with Gasteiger partial charge >= 0.3 is 0 Å². The molecule has 3 aliphatic rings. The summed E-state index contributed by atoms with van der Waals surface area (Å²) in [5.74, 6) is 0.674. The van der Waals surface area contributed by atoms with Crippen molar-refractivity contribution in [2.24, 2.45) is 0 Å². The van der Waals surface area contributed by atoms with E-state index in [-0.39, 0.29) is 0 Å². The third-order valence-electron chi connectivity index (χ3n) is 14.8. The normalized spacial score (nSPS) is 13.8. The van der Waals surface area contributed by atoms with Gasteiger partial charge in [-0.15, -0.1) is 0 Å². The van der Waals surface area contributed by atoms with Crippen LogP contribution in [0.25, 0.3) is 78.5 Å². The molecule has 14 rings (SSSR count). The third-order valence-corrected chi connectivity index (χ3v) is 14.8. The Labute approximate surface area is 395 Å². The maximum atomic E-state index is 5.33. The summed E-state index contributed by atoms with van der Waals surface area (Å²) in [6.45, 7) is 0. The lowest BCUT2D eigenvalue weighted by Gasteiger charge is -2.48. The van der Waals surface area contributed by atoms with Crippen LogP contribution in [-0.2, 0) is 10.8 Å². The van der Waals surface area contributed by atoms with E-state index in [1.807, 2.05) is 30.5 Å². The molecule has 2 spiro atoms. The fourth-order valence-electron chi connectivity index (χ4n) is 12.2. The second-order valence-corrected chi connectivity index (χ2v) is 18.2. The van der Waals surface area contributed by atoms with Crippen LogP contribution in [0, 0.1) is 0 Å². The first kappa shape index (κ1) is 38.5. The van der Waals surface area contributed by atoms with Crippen molar-refractivity contribution in [2.75, 3.05) is 0 Å². The summed E-state index contributed by atoms with van der Waals surface area (Å²) in [5.41, 5.74) is 23.7. The van der Waals surface area contributed by atoms with E-state index >= 15 is 0 Å². The van der Waals surface area contributed by atoms with Crippen molar-refractivity contribution in [3.8, 4) is 78.5 Å². The average Bonchev–Trinajstić information content (AvgIpc) is 3.89. The van der Waals surface area contributed by atoms with Crippen molar-refractivity contribution >= 4 is 0 Å². The van der Waals surface area contributed by atoms with Crippen LogP contribution in [0.3, 0.4) is 0 Å². The van der Waals surface area contributed by atoms with Crippen molar-refractivity contribution in [1.29, 1.82) is 0 Å². The smallest absolute Gasteiger partial charge is 0.160 e. The van der Waals surface area contributed by atoms with Crippen molar-refractivity contribution < 1.29 is 0 Å². The number of benzene rings is 9. The van der Waals surface area contributed by atoms with E-state index < -0.39 is 10.8 Å². The first-order valence-electron chi connectivity index (χ1n) is 23.4. The van der Waals surface area contributed by atoms with Crippen LogP contribution >= 0.6 is 0 Å². The molecule has 0 fully saturated rings. The third kappa shape index (κ3) is 5.33. The number of fused-ring (bicyclic) bond motifs is 16. The molecule has 0 radical (unpaired) electrons. The van der Waals surface area contributed by atoms with Crippen molar-refractivity contribution in [1.82, 2.24) is 15.0 Å². The largest absolute Gasteiger partial charge is 0.256 e. The van der Waals surface area contributed by atoms with Crippen LogP contribution in [0.1, 0.15) is 44.5 Å². The van der Waals surface area contributed by atoms with Gasteiger partial charge in [0.05, 0.1) is 27.9 Å². The Morgan fingerprint density at radius 2 is 0.662 bits per heavy atom. The summed E-state index contributed by atoms with van der Waals surface area (Å²) in [6, 6.07) is 88.7.